The van der Waals surface area contributed by atoms with E-state index in [-0.39, 0.29) is 8.41 Å². The van der Waals surface area contributed by atoms with E-state index >= 15 is 0 Å². The van der Waals surface area contributed by atoms with Crippen molar-refractivity contribution in [3.8, 4) is 0 Å². The van der Waals surface area contributed by atoms with Gasteiger partial charge in [0, 0.05) is 0 Å². The maximum absolute atomic E-state index is 2.31. The van der Waals surface area contributed by atoms with Crippen LogP contribution in [-0.4, -0.2) is 23.6 Å². The molecule has 0 rings (SSSR count). The van der Waals surface area contributed by atoms with Gasteiger partial charge in [0.2, 0.25) is 0 Å². The van der Waals surface area contributed by atoms with Crippen molar-refractivity contribution >= 4 is 23.6 Å². The van der Waals surface area contributed by atoms with Gasteiger partial charge in [-0.25, -0.2) is 0 Å². The van der Waals surface area contributed by atoms with Gasteiger partial charge in [0.1, 0.15) is 0 Å². The van der Waals surface area contributed by atoms with Crippen molar-refractivity contribution in [3.05, 3.63) is 0 Å². The van der Waals surface area contributed by atoms with E-state index in [4.69, 9.17) is 0 Å². The summed E-state index contributed by atoms with van der Waals surface area (Å²) in [4.78, 5) is 0. The molecule has 0 radical (unpaired) electrons. The Balaban J connectivity index is 0. The molecule has 2 heteroatoms. The van der Waals surface area contributed by atoms with Gasteiger partial charge in [-0.05, 0) is 0 Å². The second-order valence-corrected chi connectivity index (χ2v) is 5.07. The van der Waals surface area contributed by atoms with Gasteiger partial charge in [-0.15, -0.1) is 0 Å². The van der Waals surface area contributed by atoms with Gasteiger partial charge in [0.05, 0.1) is 0 Å². The maximum atomic E-state index is 2.31. The Morgan fingerprint density at radius 2 is 1.20 bits per heavy atom. The molecule has 0 bridgehead atoms. The maximum Gasteiger partial charge on any atom is -0.0626 e. The summed E-state index contributed by atoms with van der Waals surface area (Å²) in [5.41, 5.74) is 0. The SMILES string of the molecule is CC(C)[CH2][Al+][CH2]C(C)C.[BH4-]. The van der Waals surface area contributed by atoms with E-state index in [0.717, 1.165) is 27.1 Å². The molecular formula is C8H22AlB. The second-order valence-electron chi connectivity index (χ2n) is 3.55. The van der Waals surface area contributed by atoms with Crippen molar-refractivity contribution in [3.63, 3.8) is 0 Å². The third-order valence-corrected chi connectivity index (χ3v) is 3.83. The molecule has 0 aromatic carbocycles. The summed E-state index contributed by atoms with van der Waals surface area (Å²) in [6.45, 7) is 9.25. The first-order chi connectivity index (χ1) is 4.13. The summed E-state index contributed by atoms with van der Waals surface area (Å²) < 4.78 is 0. The molecule has 0 fully saturated rings. The van der Waals surface area contributed by atoms with Crippen LogP contribution in [0.2, 0.25) is 10.6 Å². The van der Waals surface area contributed by atoms with Crippen LogP contribution in [0.1, 0.15) is 27.7 Å². The first kappa shape index (κ1) is 13.2. The third kappa shape index (κ3) is 11.4. The molecule has 0 N–H and O–H groups in total. The van der Waals surface area contributed by atoms with Crippen LogP contribution in [0, 0.1) is 11.8 Å². The summed E-state index contributed by atoms with van der Waals surface area (Å²) in [6.07, 6.45) is 0. The van der Waals surface area contributed by atoms with Crippen LogP contribution in [-0.2, 0) is 0 Å². The Morgan fingerprint density at radius 1 is 0.900 bits per heavy atom. The monoisotopic (exact) mass is 156 g/mol. The van der Waals surface area contributed by atoms with E-state index in [9.17, 15) is 0 Å². The number of hydrogen-bond acceptors (Lipinski definition) is 0. The van der Waals surface area contributed by atoms with Crippen molar-refractivity contribution in [1.82, 2.24) is 0 Å². The Bertz CT molecular complexity index is 54.3. The van der Waals surface area contributed by atoms with E-state index in [0.29, 0.717) is 0 Å². The van der Waals surface area contributed by atoms with Crippen LogP contribution >= 0.6 is 0 Å². The first-order valence-electron chi connectivity index (χ1n) is 3.94. The Hall–Kier alpha value is 0.597. The van der Waals surface area contributed by atoms with E-state index in [1.54, 1.807) is 0 Å². The minimum atomic E-state index is 0. The molecule has 0 unspecified atom stereocenters. The molecule has 60 valence electrons. The van der Waals surface area contributed by atoms with Gasteiger partial charge < -0.3 is 0 Å². The molecule has 0 aromatic rings. The molecular weight excluding hydrogens is 134 g/mol. The van der Waals surface area contributed by atoms with Gasteiger partial charge in [-0.1, -0.05) is 8.41 Å². The predicted octanol–water partition coefficient (Wildman–Crippen LogP) is 1.39. The van der Waals surface area contributed by atoms with Gasteiger partial charge in [-0.3, -0.25) is 0 Å². The van der Waals surface area contributed by atoms with Crippen molar-refractivity contribution < 1.29 is 0 Å². The molecule has 0 aliphatic heterocycles. The minimum Gasteiger partial charge on any atom is -0.0626 e. The topological polar surface area (TPSA) is 0 Å². The molecule has 0 heterocycles. The largest absolute Gasteiger partial charge is 0.0626 e. The van der Waals surface area contributed by atoms with Crippen molar-refractivity contribution in [2.75, 3.05) is 0 Å². The smallest absolute Gasteiger partial charge is 0.0626 e. The average molecular weight is 156 g/mol. The molecule has 0 amide bonds. The molecule has 0 nitrogen and oxygen atoms in total. The van der Waals surface area contributed by atoms with Crippen molar-refractivity contribution in [1.29, 1.82) is 0 Å². The fourth-order valence-corrected chi connectivity index (χ4v) is 2.29. The predicted molar refractivity (Wildman–Crippen MR) is 56.4 cm³/mol. The normalized spacial score (nSPS) is 9.40. The zero-order valence-corrected chi connectivity index (χ0v) is 8.30. The van der Waals surface area contributed by atoms with Crippen LogP contribution < -0.4 is 0 Å². The molecule has 0 aliphatic carbocycles. The molecule has 0 spiro atoms. The third-order valence-electron chi connectivity index (χ3n) is 1.28. The van der Waals surface area contributed by atoms with Gasteiger partial charge in [0.25, 0.3) is 0 Å². The number of hydrogen-bond donors (Lipinski definition) is 0. The Kier molecular flexibility index (Phi) is 10.2. The van der Waals surface area contributed by atoms with E-state index in [1.165, 1.54) is 10.6 Å². The summed E-state index contributed by atoms with van der Waals surface area (Å²) in [5, 5.41) is 2.97. The fourth-order valence-electron chi connectivity index (χ4n) is 0.763. The quantitative estimate of drug-likeness (QED) is 0.539. The van der Waals surface area contributed by atoms with Crippen molar-refractivity contribution in [2.45, 2.75) is 38.3 Å². The summed E-state index contributed by atoms with van der Waals surface area (Å²) >= 11 is 0.755. The van der Waals surface area contributed by atoms with Gasteiger partial charge >= 0.3 is 65.3 Å². The van der Waals surface area contributed by atoms with Gasteiger partial charge in [-0.2, -0.15) is 0 Å². The van der Waals surface area contributed by atoms with Crippen LogP contribution in [0.15, 0.2) is 0 Å². The van der Waals surface area contributed by atoms with Crippen LogP contribution in [0.5, 0.6) is 0 Å². The number of rotatable bonds is 4. The minimum absolute atomic E-state index is 0. The molecule has 10 heavy (non-hydrogen) atoms. The first-order valence-corrected chi connectivity index (χ1v) is 5.58. The van der Waals surface area contributed by atoms with E-state index in [1.807, 2.05) is 0 Å². The standard InChI is InChI=1S/2C4H9.Al.BH4/c2*1-4(2)3;;/h2*4H,1H2,2-3H3;;1H4/q;;+1;-1. The summed E-state index contributed by atoms with van der Waals surface area (Å²) in [6, 6.07) is 0. The second kappa shape index (κ2) is 7.70. The van der Waals surface area contributed by atoms with Crippen LogP contribution in [0.25, 0.3) is 0 Å². The zero-order chi connectivity index (χ0) is 7.28. The molecule has 0 aliphatic rings. The molecule has 0 aromatic heterocycles. The molecule has 0 saturated carbocycles. The Labute approximate surface area is 74.1 Å². The summed E-state index contributed by atoms with van der Waals surface area (Å²) in [7, 11) is 0. The Morgan fingerprint density at radius 3 is 1.40 bits per heavy atom. The zero-order valence-electron chi connectivity index (χ0n) is 7.15. The van der Waals surface area contributed by atoms with Crippen LogP contribution in [0.4, 0.5) is 0 Å². The van der Waals surface area contributed by atoms with Gasteiger partial charge in [0.15, 0.2) is 0 Å². The van der Waals surface area contributed by atoms with E-state index in [2.05, 4.69) is 27.7 Å². The van der Waals surface area contributed by atoms with E-state index < -0.39 is 0 Å². The van der Waals surface area contributed by atoms with Crippen molar-refractivity contribution in [2.24, 2.45) is 11.8 Å². The molecule has 0 saturated heterocycles. The summed E-state index contributed by atoms with van der Waals surface area (Å²) in [5.74, 6) is 1.86. The fraction of sp³-hybridized carbons (Fsp3) is 1.00. The van der Waals surface area contributed by atoms with Crippen LogP contribution in [0.3, 0.4) is 0 Å². The molecule has 0 atom stereocenters. The average Bonchev–Trinajstić information content (AvgIpc) is 1.63.